The summed E-state index contributed by atoms with van der Waals surface area (Å²) in [4.78, 5) is 0. The first kappa shape index (κ1) is 9.61. The van der Waals surface area contributed by atoms with Gasteiger partial charge in [0.25, 0.3) is 0 Å². The van der Waals surface area contributed by atoms with E-state index < -0.39 is 0 Å². The van der Waals surface area contributed by atoms with Crippen molar-refractivity contribution in [3.8, 4) is 0 Å². The van der Waals surface area contributed by atoms with E-state index in [1.807, 2.05) is 12.1 Å². The van der Waals surface area contributed by atoms with Crippen LogP contribution < -0.4 is 0 Å². The van der Waals surface area contributed by atoms with Gasteiger partial charge in [-0.3, -0.25) is 0 Å². The number of hydrogen-bond acceptors (Lipinski definition) is 1. The maximum atomic E-state index is 5.15. The number of rotatable bonds is 2. The van der Waals surface area contributed by atoms with Gasteiger partial charge in [-0.15, -0.1) is 0 Å². The summed E-state index contributed by atoms with van der Waals surface area (Å²) in [5.74, 6) is 0. The van der Waals surface area contributed by atoms with Crippen molar-refractivity contribution in [2.45, 2.75) is 0 Å². The van der Waals surface area contributed by atoms with Crippen molar-refractivity contribution in [3.05, 3.63) is 48.0 Å². The molecule has 0 unspecified atom stereocenters. The van der Waals surface area contributed by atoms with Crippen LogP contribution in [0, 0.1) is 0 Å². The first-order valence-corrected chi connectivity index (χ1v) is 5.02. The molecule has 0 aromatic heterocycles. The Morgan fingerprint density at radius 1 is 1.07 bits per heavy atom. The summed E-state index contributed by atoms with van der Waals surface area (Å²) < 4.78 is 5.98. The number of hydrogen-bond donors (Lipinski definition) is 0. The van der Waals surface area contributed by atoms with Crippen LogP contribution in [0.3, 0.4) is 0 Å². The van der Waals surface area contributed by atoms with Crippen molar-refractivity contribution < 1.29 is 20.6 Å². The number of ether oxygens (including phenoxy) is 1. The predicted octanol–water partition coefficient (Wildman–Crippen LogP) is 2.51. The minimum atomic E-state index is 0.829. The summed E-state index contributed by atoms with van der Waals surface area (Å²) in [5.41, 5.74) is 1.09. The number of methoxy groups -OCH3 is 1. The Morgan fingerprint density at radius 2 is 1.79 bits per heavy atom. The molecule has 0 fully saturated rings. The summed E-state index contributed by atoms with van der Waals surface area (Å²) >= 11 is 2.90. The summed E-state index contributed by atoms with van der Waals surface area (Å²) in [6.45, 7) is 0. The van der Waals surface area contributed by atoms with Gasteiger partial charge in [0.05, 0.1) is 0 Å². The molecule has 14 heavy (non-hydrogen) atoms. The van der Waals surface area contributed by atoms with Gasteiger partial charge in [0.2, 0.25) is 0 Å². The van der Waals surface area contributed by atoms with E-state index in [1.54, 1.807) is 7.11 Å². The Labute approximate surface area is 91.3 Å². The average molecular weight is 222 g/mol. The normalized spacial score (nSPS) is 10.4. The summed E-state index contributed by atoms with van der Waals surface area (Å²) in [7, 11) is 1.67. The van der Waals surface area contributed by atoms with E-state index in [9.17, 15) is 0 Å². The fraction of sp³-hybridized carbons (Fsp3) is 0.0833. The zero-order valence-corrected chi connectivity index (χ0v) is 9.13. The van der Waals surface area contributed by atoms with Gasteiger partial charge in [-0.25, -0.2) is 0 Å². The maximum absolute atomic E-state index is 5.15. The Kier molecular flexibility index (Phi) is 2.79. The van der Waals surface area contributed by atoms with Crippen molar-refractivity contribution in [1.29, 1.82) is 0 Å². The molecular weight excluding hydrogens is 212 g/mol. The molecule has 70 valence electrons. The van der Waals surface area contributed by atoms with Crippen LogP contribution in [-0.2, 0) is 20.6 Å². The molecule has 2 rings (SSSR count). The SMILES string of the molecule is CO[C](=[Cr])c1ccc2ccccc2c1. The molecule has 2 heteroatoms. The third-order valence-electron chi connectivity index (χ3n) is 2.17. The van der Waals surface area contributed by atoms with E-state index in [0.717, 1.165) is 10.1 Å². The van der Waals surface area contributed by atoms with Crippen LogP contribution in [0.15, 0.2) is 42.5 Å². The molecule has 0 N–H and O–H groups in total. The van der Waals surface area contributed by atoms with Crippen molar-refractivity contribution in [2.24, 2.45) is 0 Å². The van der Waals surface area contributed by atoms with Crippen LogP contribution in [0.2, 0.25) is 0 Å². The van der Waals surface area contributed by atoms with Crippen molar-refractivity contribution in [2.75, 3.05) is 7.11 Å². The fourth-order valence-electron chi connectivity index (χ4n) is 1.43. The second-order valence-corrected chi connectivity index (χ2v) is 3.63. The molecule has 0 saturated carbocycles. The van der Waals surface area contributed by atoms with Gasteiger partial charge in [0.15, 0.2) is 0 Å². The van der Waals surface area contributed by atoms with Gasteiger partial charge >= 0.3 is 91.1 Å². The van der Waals surface area contributed by atoms with Crippen LogP contribution in [0.1, 0.15) is 5.56 Å². The van der Waals surface area contributed by atoms with Gasteiger partial charge in [0, 0.05) is 0 Å². The van der Waals surface area contributed by atoms with E-state index >= 15 is 0 Å². The van der Waals surface area contributed by atoms with E-state index in [2.05, 4.69) is 46.2 Å². The molecule has 0 bridgehead atoms. The van der Waals surface area contributed by atoms with E-state index in [1.165, 1.54) is 10.8 Å². The molecule has 2 aromatic carbocycles. The van der Waals surface area contributed by atoms with E-state index in [4.69, 9.17) is 4.74 Å². The van der Waals surface area contributed by atoms with Crippen molar-refractivity contribution in [3.63, 3.8) is 0 Å². The second-order valence-electron chi connectivity index (χ2n) is 3.05. The average Bonchev–Trinajstić information content (AvgIpc) is 2.27. The number of benzene rings is 2. The fourth-order valence-corrected chi connectivity index (χ4v) is 1.63. The number of fused-ring (bicyclic) bond motifs is 1. The topological polar surface area (TPSA) is 9.23 Å². The van der Waals surface area contributed by atoms with Crippen LogP contribution in [0.25, 0.3) is 10.8 Å². The van der Waals surface area contributed by atoms with Crippen LogP contribution >= 0.6 is 0 Å². The summed E-state index contributed by atoms with van der Waals surface area (Å²) in [6, 6.07) is 14.6. The molecule has 0 aliphatic rings. The third-order valence-corrected chi connectivity index (χ3v) is 2.80. The molecule has 1 nitrogen and oxygen atoms in total. The Hall–Kier alpha value is -0.938. The molecule has 0 atom stereocenters. The molecule has 0 amide bonds. The zero-order valence-electron chi connectivity index (χ0n) is 7.86. The van der Waals surface area contributed by atoms with Crippen LogP contribution in [0.5, 0.6) is 0 Å². The Morgan fingerprint density at radius 3 is 2.50 bits per heavy atom. The van der Waals surface area contributed by atoms with Crippen LogP contribution in [0.4, 0.5) is 0 Å². The first-order chi connectivity index (χ1) is 6.81. The van der Waals surface area contributed by atoms with Crippen molar-refractivity contribution >= 4 is 15.3 Å². The Balaban J connectivity index is 2.56. The van der Waals surface area contributed by atoms with Gasteiger partial charge in [-0.05, 0) is 0 Å². The summed E-state index contributed by atoms with van der Waals surface area (Å²) in [5, 5.41) is 2.48. The molecule has 2 aromatic rings. The summed E-state index contributed by atoms with van der Waals surface area (Å²) in [6.07, 6.45) is 0. The molecule has 0 saturated heterocycles. The molecule has 0 radical (unpaired) electrons. The minimum absolute atomic E-state index is 0.829. The van der Waals surface area contributed by atoms with Gasteiger partial charge < -0.3 is 0 Å². The van der Waals surface area contributed by atoms with Gasteiger partial charge in [-0.1, -0.05) is 0 Å². The third kappa shape index (κ3) is 1.78. The molecule has 0 heterocycles. The second kappa shape index (κ2) is 4.06. The molecular formula is C12H10CrO. The molecule has 0 aliphatic carbocycles. The zero-order chi connectivity index (χ0) is 9.97. The predicted molar refractivity (Wildman–Crippen MR) is 55.1 cm³/mol. The first-order valence-electron chi connectivity index (χ1n) is 4.38. The van der Waals surface area contributed by atoms with Gasteiger partial charge in [0.1, 0.15) is 0 Å². The quantitative estimate of drug-likeness (QED) is 0.758. The van der Waals surface area contributed by atoms with Crippen LogP contribution in [-0.4, -0.2) is 11.7 Å². The van der Waals surface area contributed by atoms with E-state index in [-0.39, 0.29) is 0 Å². The van der Waals surface area contributed by atoms with Gasteiger partial charge in [-0.2, -0.15) is 0 Å². The van der Waals surface area contributed by atoms with E-state index in [0.29, 0.717) is 0 Å². The Bertz CT molecular complexity index is 476. The standard InChI is InChI=1S/C12H10O.Cr/c1-13-9-10-6-7-11-4-2-3-5-12(11)8-10;/h2-8H,1H3;. The molecule has 0 spiro atoms. The molecule has 0 aliphatic heterocycles. The monoisotopic (exact) mass is 222 g/mol. The van der Waals surface area contributed by atoms with Crippen molar-refractivity contribution in [1.82, 2.24) is 0 Å².